The fourth-order valence-electron chi connectivity index (χ4n) is 2.53. The molecule has 0 unspecified atom stereocenters. The highest BCUT2D eigenvalue weighted by molar-refractivity contribution is 5.70. The largest absolute Gasteiger partial charge is 0.380 e. The Morgan fingerprint density at radius 1 is 1.44 bits per heavy atom. The number of aromatic amines is 1. The van der Waals surface area contributed by atoms with Crippen molar-refractivity contribution >= 4 is 11.5 Å². The summed E-state index contributed by atoms with van der Waals surface area (Å²) in [4.78, 5) is 5.46. The Hall–Kier alpha value is -2.04. The highest BCUT2D eigenvalue weighted by Crippen LogP contribution is 2.31. The molecule has 1 atom stereocenters. The maximum absolute atomic E-state index is 5.96. The van der Waals surface area contributed by atoms with E-state index in [1.165, 1.54) is 12.8 Å². The fourth-order valence-corrected chi connectivity index (χ4v) is 2.53. The maximum Gasteiger partial charge on any atom is 0.169 e. The van der Waals surface area contributed by atoms with Crippen LogP contribution in [-0.2, 0) is 0 Å². The van der Waals surface area contributed by atoms with Crippen LogP contribution in [-0.4, -0.2) is 27.8 Å². The first-order valence-electron chi connectivity index (χ1n) is 6.29. The molecule has 3 rings (SSSR count). The molecule has 1 saturated heterocycles. The van der Waals surface area contributed by atoms with Crippen molar-refractivity contribution in [1.29, 1.82) is 0 Å². The lowest BCUT2D eigenvalue weighted by molar-refractivity contribution is 0.733. The second-order valence-electron chi connectivity index (χ2n) is 4.77. The molecule has 18 heavy (non-hydrogen) atoms. The average Bonchev–Trinajstić information content (AvgIpc) is 3.01. The predicted octanol–water partition coefficient (Wildman–Crippen LogP) is 2.04. The van der Waals surface area contributed by atoms with Gasteiger partial charge in [-0.1, -0.05) is 0 Å². The first kappa shape index (κ1) is 11.1. The summed E-state index contributed by atoms with van der Waals surface area (Å²) in [7, 11) is 0. The Balaban J connectivity index is 2.01. The van der Waals surface area contributed by atoms with Crippen molar-refractivity contribution in [1.82, 2.24) is 15.2 Å². The maximum atomic E-state index is 5.96. The molecule has 1 aliphatic rings. The van der Waals surface area contributed by atoms with E-state index in [0.29, 0.717) is 11.9 Å². The molecule has 0 spiro atoms. The number of aromatic nitrogens is 3. The lowest BCUT2D eigenvalue weighted by atomic mass is 10.2. The number of hydrogen-bond donors (Lipinski definition) is 2. The zero-order valence-corrected chi connectivity index (χ0v) is 10.4. The summed E-state index contributed by atoms with van der Waals surface area (Å²) in [5, 5.41) is 8.23. The summed E-state index contributed by atoms with van der Waals surface area (Å²) in [6.07, 6.45) is 4.30. The van der Waals surface area contributed by atoms with E-state index in [-0.39, 0.29) is 0 Å². The van der Waals surface area contributed by atoms with Gasteiger partial charge in [-0.25, -0.2) is 0 Å². The molecule has 0 aliphatic carbocycles. The Morgan fingerprint density at radius 3 is 3.00 bits per heavy atom. The lowest BCUT2D eigenvalue weighted by Gasteiger charge is -2.24. The molecule has 1 fully saturated rings. The number of nitrogen functional groups attached to an aromatic ring is 1. The van der Waals surface area contributed by atoms with E-state index in [9.17, 15) is 0 Å². The average molecular weight is 243 g/mol. The molecule has 2 aromatic heterocycles. The summed E-state index contributed by atoms with van der Waals surface area (Å²) >= 11 is 0. The van der Waals surface area contributed by atoms with Crippen molar-refractivity contribution < 1.29 is 0 Å². The topological polar surface area (TPSA) is 70.8 Å². The molecular formula is C13H17N5. The zero-order valence-electron chi connectivity index (χ0n) is 10.4. The normalized spacial score (nSPS) is 19.4. The van der Waals surface area contributed by atoms with Gasteiger partial charge in [0.1, 0.15) is 5.69 Å². The van der Waals surface area contributed by atoms with Gasteiger partial charge in [0.05, 0.1) is 11.4 Å². The van der Waals surface area contributed by atoms with E-state index in [2.05, 4.69) is 27.0 Å². The van der Waals surface area contributed by atoms with Crippen LogP contribution in [0.2, 0.25) is 0 Å². The Bertz CT molecular complexity index is 534. The minimum atomic E-state index is 0.513. The van der Waals surface area contributed by atoms with Gasteiger partial charge in [-0.2, -0.15) is 0 Å². The summed E-state index contributed by atoms with van der Waals surface area (Å²) in [6, 6.07) is 6.48. The van der Waals surface area contributed by atoms with Gasteiger partial charge in [-0.3, -0.25) is 0 Å². The first-order valence-corrected chi connectivity index (χ1v) is 6.29. The van der Waals surface area contributed by atoms with Gasteiger partial charge in [-0.15, -0.1) is 10.2 Å². The number of nitrogens with two attached hydrogens (primary N) is 1. The Kier molecular flexibility index (Phi) is 2.66. The third-order valence-corrected chi connectivity index (χ3v) is 3.54. The zero-order chi connectivity index (χ0) is 12.5. The minimum Gasteiger partial charge on any atom is -0.380 e. The van der Waals surface area contributed by atoms with Crippen LogP contribution in [0, 0.1) is 0 Å². The molecule has 0 radical (unpaired) electrons. The second-order valence-corrected chi connectivity index (χ2v) is 4.77. The highest BCUT2D eigenvalue weighted by atomic mass is 15.2. The van der Waals surface area contributed by atoms with Crippen LogP contribution in [0.3, 0.4) is 0 Å². The minimum absolute atomic E-state index is 0.513. The van der Waals surface area contributed by atoms with Gasteiger partial charge < -0.3 is 15.6 Å². The monoisotopic (exact) mass is 243 g/mol. The highest BCUT2D eigenvalue weighted by Gasteiger charge is 2.23. The molecule has 5 heteroatoms. The lowest BCUT2D eigenvalue weighted by Crippen LogP contribution is -2.27. The smallest absolute Gasteiger partial charge is 0.169 e. The molecule has 1 aliphatic heterocycles. The molecule has 3 N–H and O–H groups in total. The Morgan fingerprint density at radius 2 is 2.33 bits per heavy atom. The summed E-state index contributed by atoms with van der Waals surface area (Å²) in [5.41, 5.74) is 8.76. The molecule has 0 aromatic carbocycles. The second kappa shape index (κ2) is 4.33. The summed E-state index contributed by atoms with van der Waals surface area (Å²) < 4.78 is 0. The van der Waals surface area contributed by atoms with Crippen LogP contribution in [0.4, 0.5) is 11.5 Å². The first-order chi connectivity index (χ1) is 8.75. The number of nitrogens with one attached hydrogen (secondary N) is 1. The number of anilines is 2. The van der Waals surface area contributed by atoms with E-state index in [1.54, 1.807) is 0 Å². The van der Waals surface area contributed by atoms with Gasteiger partial charge in [0.15, 0.2) is 5.82 Å². The number of rotatable bonds is 2. The van der Waals surface area contributed by atoms with E-state index in [1.807, 2.05) is 24.4 Å². The van der Waals surface area contributed by atoms with Crippen LogP contribution in [0.25, 0.3) is 11.4 Å². The third-order valence-electron chi connectivity index (χ3n) is 3.54. The van der Waals surface area contributed by atoms with Crippen LogP contribution in [0.1, 0.15) is 19.8 Å². The summed E-state index contributed by atoms with van der Waals surface area (Å²) in [5.74, 6) is 0.513. The molecule has 3 heterocycles. The van der Waals surface area contributed by atoms with Crippen LogP contribution in [0.5, 0.6) is 0 Å². The van der Waals surface area contributed by atoms with Crippen LogP contribution < -0.4 is 10.6 Å². The molecule has 0 saturated carbocycles. The summed E-state index contributed by atoms with van der Waals surface area (Å²) in [6.45, 7) is 3.27. The molecule has 0 amide bonds. The number of H-pyrrole nitrogens is 1. The molecule has 94 valence electrons. The quantitative estimate of drug-likeness (QED) is 0.846. The van der Waals surface area contributed by atoms with Crippen molar-refractivity contribution in [3.8, 4) is 11.4 Å². The molecular weight excluding hydrogens is 226 g/mol. The van der Waals surface area contributed by atoms with Crippen molar-refractivity contribution in [2.24, 2.45) is 0 Å². The van der Waals surface area contributed by atoms with Gasteiger partial charge in [0.2, 0.25) is 0 Å². The number of nitrogens with zero attached hydrogens (tertiary/aromatic N) is 3. The van der Waals surface area contributed by atoms with Crippen LogP contribution >= 0.6 is 0 Å². The molecule has 0 bridgehead atoms. The van der Waals surface area contributed by atoms with Crippen molar-refractivity contribution in [2.45, 2.75) is 25.8 Å². The standard InChI is InChI=1S/C13H17N5/c1-9-4-3-7-18(9)12-8-11(16-17-13(12)14)10-5-2-6-15-10/h2,5-6,8-9,15H,3-4,7H2,1H3,(H2,14,17)/t9-/m0/s1. The van der Waals surface area contributed by atoms with E-state index in [4.69, 9.17) is 5.73 Å². The molecule has 2 aromatic rings. The van der Waals surface area contributed by atoms with E-state index >= 15 is 0 Å². The fraction of sp³-hybridized carbons (Fsp3) is 0.385. The van der Waals surface area contributed by atoms with Gasteiger partial charge in [-0.05, 0) is 38.0 Å². The van der Waals surface area contributed by atoms with E-state index in [0.717, 1.165) is 23.6 Å². The van der Waals surface area contributed by atoms with Crippen molar-refractivity contribution in [3.05, 3.63) is 24.4 Å². The van der Waals surface area contributed by atoms with E-state index < -0.39 is 0 Å². The molecule has 5 nitrogen and oxygen atoms in total. The number of hydrogen-bond acceptors (Lipinski definition) is 4. The Labute approximate surface area is 106 Å². The van der Waals surface area contributed by atoms with Crippen LogP contribution in [0.15, 0.2) is 24.4 Å². The van der Waals surface area contributed by atoms with Crippen molar-refractivity contribution in [2.75, 3.05) is 17.2 Å². The van der Waals surface area contributed by atoms with Gasteiger partial charge in [0.25, 0.3) is 0 Å². The van der Waals surface area contributed by atoms with Crippen molar-refractivity contribution in [3.63, 3.8) is 0 Å². The predicted molar refractivity (Wildman–Crippen MR) is 72.3 cm³/mol. The SMILES string of the molecule is C[C@H]1CCCN1c1cc(-c2ccc[nH]2)nnc1N. The van der Waals surface area contributed by atoms with Gasteiger partial charge >= 0.3 is 0 Å². The third kappa shape index (κ3) is 1.81. The van der Waals surface area contributed by atoms with Gasteiger partial charge in [0, 0.05) is 18.8 Å².